The zero-order valence-electron chi connectivity index (χ0n) is 15.3. The first-order valence-corrected chi connectivity index (χ1v) is 9.31. The number of hydrogen-bond acceptors (Lipinski definition) is 4. The van der Waals surface area contributed by atoms with Gasteiger partial charge in [0.15, 0.2) is 5.11 Å². The minimum Gasteiger partial charge on any atom is -0.494 e. The number of carbonyl (C=O) groups excluding carboxylic acids is 1. The van der Waals surface area contributed by atoms with Crippen LogP contribution in [-0.4, -0.2) is 24.3 Å². The van der Waals surface area contributed by atoms with Crippen molar-refractivity contribution in [3.63, 3.8) is 0 Å². The molecule has 0 saturated carbocycles. The van der Waals surface area contributed by atoms with Crippen molar-refractivity contribution >= 4 is 29.0 Å². The molecule has 0 fully saturated rings. The highest BCUT2D eigenvalue weighted by molar-refractivity contribution is 7.80. The van der Waals surface area contributed by atoms with Crippen molar-refractivity contribution in [3.05, 3.63) is 71.3 Å². The first-order chi connectivity index (χ1) is 13.1. The number of esters is 1. The van der Waals surface area contributed by atoms with Gasteiger partial charge in [-0.1, -0.05) is 42.5 Å². The van der Waals surface area contributed by atoms with Crippen molar-refractivity contribution in [3.8, 4) is 5.75 Å². The summed E-state index contributed by atoms with van der Waals surface area (Å²) in [4.78, 5) is 12.8. The number of rotatable bonds is 6. The van der Waals surface area contributed by atoms with Crippen LogP contribution in [0.3, 0.4) is 0 Å². The fourth-order valence-corrected chi connectivity index (χ4v) is 3.25. The van der Waals surface area contributed by atoms with Gasteiger partial charge < -0.3 is 20.1 Å². The maximum Gasteiger partial charge on any atom is 0.338 e. The van der Waals surface area contributed by atoms with E-state index in [4.69, 9.17) is 21.7 Å². The maximum atomic E-state index is 12.8. The number of ether oxygens (including phenoxy) is 2. The summed E-state index contributed by atoms with van der Waals surface area (Å²) in [5, 5.41) is 6.78. The molecule has 3 rings (SSSR count). The lowest BCUT2D eigenvalue weighted by Gasteiger charge is -2.31. The summed E-state index contributed by atoms with van der Waals surface area (Å²) in [5.74, 6) is 0.358. The van der Waals surface area contributed by atoms with Gasteiger partial charge in [-0.2, -0.15) is 0 Å². The third-order valence-corrected chi connectivity index (χ3v) is 4.35. The van der Waals surface area contributed by atoms with E-state index >= 15 is 0 Å². The number of benzene rings is 2. The first kappa shape index (κ1) is 18.9. The van der Waals surface area contributed by atoms with Crippen LogP contribution in [0.4, 0.5) is 0 Å². The summed E-state index contributed by atoms with van der Waals surface area (Å²) in [6.45, 7) is 4.58. The molecule has 1 aliphatic rings. The zero-order valence-corrected chi connectivity index (χ0v) is 16.1. The van der Waals surface area contributed by atoms with E-state index in [1.807, 2.05) is 61.5 Å². The van der Waals surface area contributed by atoms with E-state index in [1.54, 1.807) is 6.92 Å². The van der Waals surface area contributed by atoms with Gasteiger partial charge >= 0.3 is 5.97 Å². The largest absolute Gasteiger partial charge is 0.494 e. The molecule has 0 radical (unpaired) electrons. The van der Waals surface area contributed by atoms with Crippen LogP contribution in [0.5, 0.6) is 5.75 Å². The first-order valence-electron chi connectivity index (χ1n) is 8.91. The molecule has 0 aromatic heterocycles. The van der Waals surface area contributed by atoms with Crippen LogP contribution in [0, 0.1) is 0 Å². The molecule has 0 spiro atoms. The molecule has 27 heavy (non-hydrogen) atoms. The van der Waals surface area contributed by atoms with Crippen LogP contribution in [-0.2, 0) is 9.53 Å². The van der Waals surface area contributed by atoms with Crippen molar-refractivity contribution in [1.82, 2.24) is 10.6 Å². The lowest BCUT2D eigenvalue weighted by atomic mass is 9.92. The SMILES string of the molecule is CCOC(=O)C1=C(c2ccccc2)NC(=S)N[C@@H]1c1cccc(OCC)c1. The molecule has 2 aromatic carbocycles. The minimum absolute atomic E-state index is 0.292. The van der Waals surface area contributed by atoms with Gasteiger partial charge in [-0.25, -0.2) is 4.79 Å². The molecular formula is C21H22N2O3S. The second-order valence-electron chi connectivity index (χ2n) is 5.91. The van der Waals surface area contributed by atoms with E-state index in [0.29, 0.717) is 29.6 Å². The quantitative estimate of drug-likeness (QED) is 0.588. The summed E-state index contributed by atoms with van der Waals surface area (Å²) in [7, 11) is 0. The number of thiocarbonyl (C=S) groups is 1. The van der Waals surface area contributed by atoms with E-state index in [0.717, 1.165) is 16.9 Å². The molecule has 1 aliphatic heterocycles. The normalized spacial score (nSPS) is 16.4. The Labute approximate surface area is 164 Å². The molecule has 2 aromatic rings. The molecular weight excluding hydrogens is 360 g/mol. The Hall–Kier alpha value is -2.86. The van der Waals surface area contributed by atoms with Gasteiger partial charge in [0.1, 0.15) is 5.75 Å². The molecule has 6 heteroatoms. The predicted molar refractivity (Wildman–Crippen MR) is 109 cm³/mol. The van der Waals surface area contributed by atoms with Crippen molar-refractivity contribution in [2.24, 2.45) is 0 Å². The molecule has 0 bridgehead atoms. The van der Waals surface area contributed by atoms with E-state index < -0.39 is 6.04 Å². The molecule has 0 amide bonds. The second-order valence-corrected chi connectivity index (χ2v) is 6.32. The maximum absolute atomic E-state index is 12.8. The second kappa shape index (κ2) is 8.68. The smallest absolute Gasteiger partial charge is 0.338 e. The van der Waals surface area contributed by atoms with Crippen LogP contribution in [0.15, 0.2) is 60.2 Å². The molecule has 0 unspecified atom stereocenters. The number of carbonyl (C=O) groups is 1. The topological polar surface area (TPSA) is 59.6 Å². The van der Waals surface area contributed by atoms with Gasteiger partial charge in [-0.3, -0.25) is 0 Å². The van der Waals surface area contributed by atoms with Gasteiger partial charge in [-0.15, -0.1) is 0 Å². The monoisotopic (exact) mass is 382 g/mol. The van der Waals surface area contributed by atoms with Crippen molar-refractivity contribution in [2.75, 3.05) is 13.2 Å². The van der Waals surface area contributed by atoms with Crippen LogP contribution < -0.4 is 15.4 Å². The Morgan fingerprint density at radius 2 is 1.85 bits per heavy atom. The molecule has 5 nitrogen and oxygen atoms in total. The Balaban J connectivity index is 2.14. The van der Waals surface area contributed by atoms with E-state index in [-0.39, 0.29) is 5.97 Å². The molecule has 2 N–H and O–H groups in total. The van der Waals surface area contributed by atoms with Crippen LogP contribution in [0.1, 0.15) is 31.0 Å². The number of hydrogen-bond donors (Lipinski definition) is 2. The van der Waals surface area contributed by atoms with Crippen molar-refractivity contribution < 1.29 is 14.3 Å². The Kier molecular flexibility index (Phi) is 6.08. The summed E-state index contributed by atoms with van der Waals surface area (Å²) >= 11 is 5.41. The third-order valence-electron chi connectivity index (χ3n) is 4.13. The van der Waals surface area contributed by atoms with Crippen LogP contribution in [0.2, 0.25) is 0 Å². The van der Waals surface area contributed by atoms with E-state index in [1.165, 1.54) is 0 Å². The highest BCUT2D eigenvalue weighted by atomic mass is 32.1. The van der Waals surface area contributed by atoms with Gasteiger partial charge in [0.2, 0.25) is 0 Å². The van der Waals surface area contributed by atoms with Gasteiger partial charge in [0.05, 0.1) is 30.5 Å². The average Bonchev–Trinajstić information content (AvgIpc) is 2.68. The molecule has 1 atom stereocenters. The zero-order chi connectivity index (χ0) is 19.2. The Morgan fingerprint density at radius 1 is 1.07 bits per heavy atom. The van der Waals surface area contributed by atoms with Crippen LogP contribution in [0.25, 0.3) is 5.70 Å². The molecule has 140 valence electrons. The fraction of sp³-hybridized carbons (Fsp3) is 0.238. The summed E-state index contributed by atoms with van der Waals surface area (Å²) in [6.07, 6.45) is 0. The standard InChI is InChI=1S/C21H22N2O3S/c1-3-25-16-12-8-11-15(13-16)19-17(20(24)26-4-2)18(22-21(27)23-19)14-9-6-5-7-10-14/h5-13,19H,3-4H2,1-2H3,(H2,22,23,27)/t19-/m1/s1. The van der Waals surface area contributed by atoms with Gasteiger partial charge in [0, 0.05) is 0 Å². The van der Waals surface area contributed by atoms with Crippen LogP contribution >= 0.6 is 12.2 Å². The molecule has 0 aliphatic carbocycles. The molecule has 0 saturated heterocycles. The van der Waals surface area contributed by atoms with Gasteiger partial charge in [-0.05, 0) is 49.3 Å². The lowest BCUT2D eigenvalue weighted by Crippen LogP contribution is -2.45. The Morgan fingerprint density at radius 3 is 2.56 bits per heavy atom. The predicted octanol–water partition coefficient (Wildman–Crippen LogP) is 3.58. The molecule has 1 heterocycles. The van der Waals surface area contributed by atoms with E-state index in [9.17, 15) is 4.79 Å². The summed E-state index contributed by atoms with van der Waals surface area (Å²) in [5.41, 5.74) is 2.89. The van der Waals surface area contributed by atoms with Crippen molar-refractivity contribution in [1.29, 1.82) is 0 Å². The fourth-order valence-electron chi connectivity index (χ4n) is 3.03. The Bertz CT molecular complexity index is 865. The summed E-state index contributed by atoms with van der Waals surface area (Å²) in [6, 6.07) is 16.8. The highest BCUT2D eigenvalue weighted by Gasteiger charge is 2.33. The number of nitrogens with one attached hydrogen (secondary N) is 2. The van der Waals surface area contributed by atoms with Crippen molar-refractivity contribution in [2.45, 2.75) is 19.9 Å². The summed E-state index contributed by atoms with van der Waals surface area (Å²) < 4.78 is 11.0. The minimum atomic E-state index is -0.437. The van der Waals surface area contributed by atoms with E-state index in [2.05, 4.69) is 10.6 Å². The lowest BCUT2D eigenvalue weighted by molar-refractivity contribution is -0.138. The third kappa shape index (κ3) is 4.28. The van der Waals surface area contributed by atoms with Gasteiger partial charge in [0.25, 0.3) is 0 Å². The highest BCUT2D eigenvalue weighted by Crippen LogP contribution is 2.33. The average molecular weight is 382 g/mol.